The minimum absolute atomic E-state index is 0.117. The van der Waals surface area contributed by atoms with Gasteiger partial charge in [0, 0.05) is 12.7 Å². The molecule has 0 amide bonds. The van der Waals surface area contributed by atoms with Crippen molar-refractivity contribution in [3.05, 3.63) is 16.9 Å². The second-order valence-electron chi connectivity index (χ2n) is 3.72. The van der Waals surface area contributed by atoms with Crippen molar-refractivity contribution in [2.75, 3.05) is 6.54 Å². The van der Waals surface area contributed by atoms with E-state index in [0.717, 1.165) is 11.0 Å². The van der Waals surface area contributed by atoms with Crippen molar-refractivity contribution in [3.8, 4) is 0 Å². The van der Waals surface area contributed by atoms with Crippen LogP contribution >= 0.6 is 15.9 Å². The molecule has 0 aromatic carbocycles. The van der Waals surface area contributed by atoms with E-state index in [1.54, 1.807) is 6.20 Å². The number of nitrogens with zero attached hydrogens (tertiary/aromatic N) is 2. The fraction of sp³-hybridized carbons (Fsp3) is 0.625. The van der Waals surface area contributed by atoms with Gasteiger partial charge in [0.25, 0.3) is 0 Å². The molecule has 2 N–H and O–H groups in total. The number of aromatic nitrogens is 2. The molecule has 0 fully saturated rings. The standard InChI is InChI=1S/C8H14BrN3/c1-8(2,5-10)6-12-4-7(9)3-11-12/h3-4H,5-6,10H2,1-2H3. The fourth-order valence-corrected chi connectivity index (χ4v) is 1.26. The molecule has 0 saturated carbocycles. The SMILES string of the molecule is CC(C)(CN)Cn1cc(Br)cn1. The number of hydrogen-bond donors (Lipinski definition) is 1. The van der Waals surface area contributed by atoms with Gasteiger partial charge in [-0.25, -0.2) is 0 Å². The lowest BCUT2D eigenvalue weighted by atomic mass is 9.94. The third kappa shape index (κ3) is 2.60. The molecule has 3 nitrogen and oxygen atoms in total. The van der Waals surface area contributed by atoms with Crippen LogP contribution in [0.3, 0.4) is 0 Å². The van der Waals surface area contributed by atoms with Gasteiger partial charge in [0.15, 0.2) is 0 Å². The summed E-state index contributed by atoms with van der Waals surface area (Å²) in [6.07, 6.45) is 3.74. The van der Waals surface area contributed by atoms with Gasteiger partial charge >= 0.3 is 0 Å². The molecule has 0 unspecified atom stereocenters. The minimum Gasteiger partial charge on any atom is -0.330 e. The van der Waals surface area contributed by atoms with Crippen LogP contribution in [0.2, 0.25) is 0 Å². The number of halogens is 1. The summed E-state index contributed by atoms with van der Waals surface area (Å²) in [7, 11) is 0. The molecule has 0 bridgehead atoms. The van der Waals surface area contributed by atoms with Crippen LogP contribution in [0.15, 0.2) is 16.9 Å². The summed E-state index contributed by atoms with van der Waals surface area (Å²) in [6, 6.07) is 0. The van der Waals surface area contributed by atoms with Gasteiger partial charge in [-0.15, -0.1) is 0 Å². The van der Waals surface area contributed by atoms with Crippen LogP contribution in [0.25, 0.3) is 0 Å². The number of hydrogen-bond acceptors (Lipinski definition) is 2. The van der Waals surface area contributed by atoms with Crippen LogP contribution in [0.4, 0.5) is 0 Å². The molecule has 0 aliphatic rings. The van der Waals surface area contributed by atoms with E-state index in [2.05, 4.69) is 34.9 Å². The third-order valence-corrected chi connectivity index (χ3v) is 2.15. The highest BCUT2D eigenvalue weighted by Crippen LogP contribution is 2.16. The monoisotopic (exact) mass is 231 g/mol. The van der Waals surface area contributed by atoms with E-state index in [1.165, 1.54) is 0 Å². The average molecular weight is 232 g/mol. The van der Waals surface area contributed by atoms with Crippen LogP contribution in [0.5, 0.6) is 0 Å². The molecular formula is C8H14BrN3. The van der Waals surface area contributed by atoms with Gasteiger partial charge in [-0.1, -0.05) is 13.8 Å². The fourth-order valence-electron chi connectivity index (χ4n) is 0.928. The van der Waals surface area contributed by atoms with Gasteiger partial charge in [0.1, 0.15) is 0 Å². The Kier molecular flexibility index (Phi) is 2.90. The van der Waals surface area contributed by atoms with Gasteiger partial charge in [0.2, 0.25) is 0 Å². The Bertz CT molecular complexity index is 255. The molecule has 1 aromatic rings. The first-order valence-corrected chi connectivity index (χ1v) is 4.71. The molecule has 0 spiro atoms. The predicted octanol–water partition coefficient (Wildman–Crippen LogP) is 1.63. The minimum atomic E-state index is 0.117. The second kappa shape index (κ2) is 3.58. The molecule has 68 valence electrons. The summed E-state index contributed by atoms with van der Waals surface area (Å²) in [5.41, 5.74) is 5.72. The summed E-state index contributed by atoms with van der Waals surface area (Å²) < 4.78 is 2.91. The molecule has 0 radical (unpaired) electrons. The van der Waals surface area contributed by atoms with Crippen molar-refractivity contribution in [2.24, 2.45) is 11.1 Å². The highest BCUT2D eigenvalue weighted by molar-refractivity contribution is 9.10. The Morgan fingerprint density at radius 2 is 2.33 bits per heavy atom. The largest absolute Gasteiger partial charge is 0.330 e. The first kappa shape index (κ1) is 9.74. The van der Waals surface area contributed by atoms with Crippen molar-refractivity contribution in [2.45, 2.75) is 20.4 Å². The number of nitrogens with two attached hydrogens (primary N) is 1. The molecule has 0 aliphatic heterocycles. The maximum absolute atomic E-state index is 5.61. The molecule has 0 saturated heterocycles. The molecule has 1 aromatic heterocycles. The zero-order chi connectivity index (χ0) is 9.19. The average Bonchev–Trinajstić information content (AvgIpc) is 2.35. The Balaban J connectivity index is 2.63. The van der Waals surface area contributed by atoms with Gasteiger partial charge in [-0.3, -0.25) is 4.68 Å². The summed E-state index contributed by atoms with van der Waals surface area (Å²) in [4.78, 5) is 0. The zero-order valence-electron chi connectivity index (χ0n) is 7.42. The summed E-state index contributed by atoms with van der Waals surface area (Å²) >= 11 is 3.35. The zero-order valence-corrected chi connectivity index (χ0v) is 9.00. The first-order valence-electron chi connectivity index (χ1n) is 3.91. The Morgan fingerprint density at radius 3 is 2.75 bits per heavy atom. The van der Waals surface area contributed by atoms with Crippen molar-refractivity contribution in [1.29, 1.82) is 0 Å². The maximum atomic E-state index is 5.61. The van der Waals surface area contributed by atoms with E-state index in [1.807, 2.05) is 10.9 Å². The van der Waals surface area contributed by atoms with E-state index in [-0.39, 0.29) is 5.41 Å². The second-order valence-corrected chi connectivity index (χ2v) is 4.64. The summed E-state index contributed by atoms with van der Waals surface area (Å²) in [5, 5.41) is 4.16. The lowest BCUT2D eigenvalue weighted by molar-refractivity contribution is 0.301. The Labute approximate surface area is 81.1 Å². The number of rotatable bonds is 3. The highest BCUT2D eigenvalue weighted by atomic mass is 79.9. The van der Waals surface area contributed by atoms with E-state index >= 15 is 0 Å². The molecule has 1 heterocycles. The van der Waals surface area contributed by atoms with E-state index < -0.39 is 0 Å². The summed E-state index contributed by atoms with van der Waals surface area (Å²) in [6.45, 7) is 5.78. The molecule has 4 heteroatoms. The van der Waals surface area contributed by atoms with E-state index in [9.17, 15) is 0 Å². The Morgan fingerprint density at radius 1 is 1.67 bits per heavy atom. The topological polar surface area (TPSA) is 43.8 Å². The Hall–Kier alpha value is -0.350. The molecule has 0 aliphatic carbocycles. The van der Waals surface area contributed by atoms with Crippen LogP contribution in [-0.4, -0.2) is 16.3 Å². The smallest absolute Gasteiger partial charge is 0.0632 e. The van der Waals surface area contributed by atoms with E-state index in [4.69, 9.17) is 5.73 Å². The lowest BCUT2D eigenvalue weighted by Gasteiger charge is -2.21. The van der Waals surface area contributed by atoms with Gasteiger partial charge in [0.05, 0.1) is 10.7 Å². The third-order valence-electron chi connectivity index (χ3n) is 1.74. The molecule has 0 atom stereocenters. The highest BCUT2D eigenvalue weighted by Gasteiger charge is 2.16. The van der Waals surface area contributed by atoms with Crippen LogP contribution < -0.4 is 5.73 Å². The summed E-state index contributed by atoms with van der Waals surface area (Å²) in [5.74, 6) is 0. The predicted molar refractivity (Wildman–Crippen MR) is 52.8 cm³/mol. The maximum Gasteiger partial charge on any atom is 0.0632 e. The van der Waals surface area contributed by atoms with Gasteiger partial charge in [-0.05, 0) is 27.9 Å². The lowest BCUT2D eigenvalue weighted by Crippen LogP contribution is -2.28. The van der Waals surface area contributed by atoms with Crippen molar-refractivity contribution >= 4 is 15.9 Å². The van der Waals surface area contributed by atoms with Gasteiger partial charge in [-0.2, -0.15) is 5.10 Å². The van der Waals surface area contributed by atoms with Crippen LogP contribution in [-0.2, 0) is 6.54 Å². The first-order chi connectivity index (χ1) is 5.53. The normalized spacial score (nSPS) is 12.0. The van der Waals surface area contributed by atoms with E-state index in [0.29, 0.717) is 6.54 Å². The quantitative estimate of drug-likeness (QED) is 0.860. The molecular weight excluding hydrogens is 218 g/mol. The van der Waals surface area contributed by atoms with Crippen LogP contribution in [0, 0.1) is 5.41 Å². The van der Waals surface area contributed by atoms with Gasteiger partial charge < -0.3 is 5.73 Å². The molecule has 1 rings (SSSR count). The van der Waals surface area contributed by atoms with Crippen molar-refractivity contribution in [3.63, 3.8) is 0 Å². The molecule has 12 heavy (non-hydrogen) atoms. The van der Waals surface area contributed by atoms with Crippen LogP contribution in [0.1, 0.15) is 13.8 Å². The van der Waals surface area contributed by atoms with Crippen molar-refractivity contribution in [1.82, 2.24) is 9.78 Å². The van der Waals surface area contributed by atoms with Crippen molar-refractivity contribution < 1.29 is 0 Å².